The Hall–Kier alpha value is -2.43. The molecule has 0 bridgehead atoms. The Morgan fingerprint density at radius 2 is 1.74 bits per heavy atom. The number of fused-ring (bicyclic) bond motifs is 1. The van der Waals surface area contributed by atoms with Gasteiger partial charge in [0.2, 0.25) is 0 Å². The lowest BCUT2D eigenvalue weighted by Gasteiger charge is -2.31. The molecule has 158 valence electrons. The van der Waals surface area contributed by atoms with Crippen molar-refractivity contribution in [3.05, 3.63) is 88.1 Å². The highest BCUT2D eigenvalue weighted by Crippen LogP contribution is 2.38. The van der Waals surface area contributed by atoms with Gasteiger partial charge in [0.1, 0.15) is 0 Å². The van der Waals surface area contributed by atoms with Crippen molar-refractivity contribution in [3.8, 4) is 11.4 Å². The molecule has 1 aliphatic heterocycles. The molecule has 0 saturated heterocycles. The topological polar surface area (TPSA) is 29.0 Å². The van der Waals surface area contributed by atoms with Crippen LogP contribution in [0.3, 0.4) is 0 Å². The maximum atomic E-state index is 4.89. The van der Waals surface area contributed by atoms with Crippen LogP contribution in [0.1, 0.15) is 42.5 Å². The Kier molecular flexibility index (Phi) is 6.19. The quantitative estimate of drug-likeness (QED) is 0.469. The van der Waals surface area contributed by atoms with E-state index in [0.717, 1.165) is 37.4 Å². The van der Waals surface area contributed by atoms with Gasteiger partial charge in [0.05, 0.1) is 5.69 Å². The molecular formula is C27H29N3S. The maximum Gasteiger partial charge on any atom is 0.159 e. The summed E-state index contributed by atoms with van der Waals surface area (Å²) in [5, 5.41) is 0. The van der Waals surface area contributed by atoms with E-state index in [-0.39, 0.29) is 0 Å². The van der Waals surface area contributed by atoms with Crippen LogP contribution in [0.5, 0.6) is 0 Å². The molecule has 2 aromatic carbocycles. The van der Waals surface area contributed by atoms with E-state index in [4.69, 9.17) is 4.98 Å². The van der Waals surface area contributed by atoms with Crippen molar-refractivity contribution in [3.63, 3.8) is 0 Å². The summed E-state index contributed by atoms with van der Waals surface area (Å²) in [6.07, 6.45) is 8.15. The van der Waals surface area contributed by atoms with Crippen LogP contribution in [0.25, 0.3) is 11.4 Å². The SMILES string of the molecule is Cc1ccc(SC2=C(CN3CCc4nc(-c5ccccc5)ncc4C3)CCCC2)cc1. The maximum absolute atomic E-state index is 4.89. The van der Waals surface area contributed by atoms with Gasteiger partial charge in [0, 0.05) is 48.3 Å². The molecule has 0 N–H and O–H groups in total. The highest BCUT2D eigenvalue weighted by molar-refractivity contribution is 8.03. The minimum atomic E-state index is 0.847. The average Bonchev–Trinajstić information content (AvgIpc) is 2.82. The van der Waals surface area contributed by atoms with Crippen molar-refractivity contribution in [2.45, 2.75) is 50.5 Å². The molecule has 0 spiro atoms. The number of hydrogen-bond acceptors (Lipinski definition) is 4. The van der Waals surface area contributed by atoms with E-state index in [2.05, 4.69) is 53.2 Å². The molecule has 0 radical (unpaired) electrons. The third-order valence-electron chi connectivity index (χ3n) is 6.25. The Morgan fingerprint density at radius 3 is 2.58 bits per heavy atom. The molecule has 31 heavy (non-hydrogen) atoms. The minimum Gasteiger partial charge on any atom is -0.295 e. The normalized spacial score (nSPS) is 16.9. The molecule has 3 nitrogen and oxygen atoms in total. The Morgan fingerprint density at radius 1 is 0.935 bits per heavy atom. The number of rotatable bonds is 5. The zero-order chi connectivity index (χ0) is 21.0. The van der Waals surface area contributed by atoms with Crippen molar-refractivity contribution in [1.29, 1.82) is 0 Å². The second-order valence-corrected chi connectivity index (χ2v) is 9.81. The van der Waals surface area contributed by atoms with Crippen molar-refractivity contribution in [1.82, 2.24) is 14.9 Å². The fourth-order valence-electron chi connectivity index (χ4n) is 4.48. The van der Waals surface area contributed by atoms with Crippen molar-refractivity contribution in [2.24, 2.45) is 0 Å². The molecule has 0 fully saturated rings. The highest BCUT2D eigenvalue weighted by atomic mass is 32.2. The number of benzene rings is 2. The Balaban J connectivity index is 1.30. The van der Waals surface area contributed by atoms with Gasteiger partial charge in [-0.05, 0) is 55.2 Å². The predicted octanol–water partition coefficient (Wildman–Crippen LogP) is 6.43. The van der Waals surface area contributed by atoms with Crippen LogP contribution in [-0.4, -0.2) is 28.0 Å². The standard InChI is InChI=1S/C27H29N3S/c1-20-11-13-24(14-12-20)31-26-10-6-5-9-22(26)18-30-16-15-25-23(19-30)17-28-27(29-25)21-7-3-2-4-8-21/h2-4,7-8,11-14,17H,5-6,9-10,15-16,18-19H2,1H3. The number of thioether (sulfide) groups is 1. The van der Waals surface area contributed by atoms with E-state index in [9.17, 15) is 0 Å². The first kappa shape index (κ1) is 20.5. The van der Waals surface area contributed by atoms with Crippen LogP contribution in [0.4, 0.5) is 0 Å². The van der Waals surface area contributed by atoms with Crippen LogP contribution in [-0.2, 0) is 13.0 Å². The van der Waals surface area contributed by atoms with E-state index < -0.39 is 0 Å². The van der Waals surface area contributed by atoms with Crippen LogP contribution in [0, 0.1) is 6.92 Å². The molecule has 3 aromatic rings. The summed E-state index contributed by atoms with van der Waals surface area (Å²) in [7, 11) is 0. The van der Waals surface area contributed by atoms with Crippen molar-refractivity contribution < 1.29 is 0 Å². The molecule has 1 aromatic heterocycles. The lowest BCUT2D eigenvalue weighted by Crippen LogP contribution is -2.33. The summed E-state index contributed by atoms with van der Waals surface area (Å²) >= 11 is 1.98. The molecule has 0 unspecified atom stereocenters. The molecule has 2 heterocycles. The van der Waals surface area contributed by atoms with E-state index in [1.165, 1.54) is 47.4 Å². The number of hydrogen-bond donors (Lipinski definition) is 0. The monoisotopic (exact) mass is 427 g/mol. The van der Waals surface area contributed by atoms with Gasteiger partial charge in [-0.3, -0.25) is 4.90 Å². The molecule has 2 aliphatic rings. The largest absolute Gasteiger partial charge is 0.295 e. The van der Waals surface area contributed by atoms with Crippen LogP contribution < -0.4 is 0 Å². The van der Waals surface area contributed by atoms with Gasteiger partial charge < -0.3 is 0 Å². The Labute approximate surface area is 189 Å². The molecule has 5 rings (SSSR count). The zero-order valence-electron chi connectivity index (χ0n) is 18.2. The first-order valence-electron chi connectivity index (χ1n) is 11.3. The average molecular weight is 428 g/mol. The molecule has 4 heteroatoms. The number of allylic oxidation sites excluding steroid dienone is 1. The molecule has 0 atom stereocenters. The summed E-state index contributed by atoms with van der Waals surface area (Å²) < 4.78 is 0. The number of nitrogens with zero attached hydrogens (tertiary/aromatic N) is 3. The first-order chi connectivity index (χ1) is 15.2. The van der Waals surface area contributed by atoms with E-state index in [1.807, 2.05) is 36.2 Å². The lowest BCUT2D eigenvalue weighted by atomic mass is 9.97. The van der Waals surface area contributed by atoms with Crippen molar-refractivity contribution >= 4 is 11.8 Å². The summed E-state index contributed by atoms with van der Waals surface area (Å²) in [6.45, 7) is 5.26. The first-order valence-corrected chi connectivity index (χ1v) is 12.1. The minimum absolute atomic E-state index is 0.847. The lowest BCUT2D eigenvalue weighted by molar-refractivity contribution is 0.268. The van der Waals surface area contributed by atoms with Crippen molar-refractivity contribution in [2.75, 3.05) is 13.1 Å². The van der Waals surface area contributed by atoms with Gasteiger partial charge in [-0.2, -0.15) is 0 Å². The zero-order valence-corrected chi connectivity index (χ0v) is 19.0. The van der Waals surface area contributed by atoms with Crippen LogP contribution in [0.15, 0.2) is 76.2 Å². The van der Waals surface area contributed by atoms with Gasteiger partial charge in [-0.1, -0.05) is 59.8 Å². The third kappa shape index (κ3) is 4.91. The fraction of sp³-hybridized carbons (Fsp3) is 0.333. The number of aromatic nitrogens is 2. The Bertz CT molecular complexity index is 1070. The van der Waals surface area contributed by atoms with E-state index >= 15 is 0 Å². The summed E-state index contributed by atoms with van der Waals surface area (Å²) in [5.74, 6) is 0.847. The molecular weight excluding hydrogens is 398 g/mol. The smallest absolute Gasteiger partial charge is 0.159 e. The summed E-state index contributed by atoms with van der Waals surface area (Å²) in [4.78, 5) is 15.1. The summed E-state index contributed by atoms with van der Waals surface area (Å²) in [6, 6.07) is 19.3. The van der Waals surface area contributed by atoms with E-state index in [0.29, 0.717) is 0 Å². The van der Waals surface area contributed by atoms with Crippen LogP contribution in [0.2, 0.25) is 0 Å². The van der Waals surface area contributed by atoms with Gasteiger partial charge in [-0.25, -0.2) is 9.97 Å². The second kappa shape index (κ2) is 9.37. The third-order valence-corrected chi connectivity index (χ3v) is 7.50. The molecule has 1 aliphatic carbocycles. The highest BCUT2D eigenvalue weighted by Gasteiger charge is 2.22. The van der Waals surface area contributed by atoms with Gasteiger partial charge in [0.25, 0.3) is 0 Å². The van der Waals surface area contributed by atoms with Crippen LogP contribution >= 0.6 is 11.8 Å². The fourth-order valence-corrected chi connectivity index (χ4v) is 5.60. The van der Waals surface area contributed by atoms with E-state index in [1.54, 1.807) is 10.5 Å². The molecule has 0 saturated carbocycles. The van der Waals surface area contributed by atoms with Gasteiger partial charge >= 0.3 is 0 Å². The van der Waals surface area contributed by atoms with Gasteiger partial charge in [-0.15, -0.1) is 0 Å². The summed E-state index contributed by atoms with van der Waals surface area (Å²) in [5.41, 5.74) is 6.57. The molecule has 0 amide bonds. The number of aryl methyl sites for hydroxylation is 1. The second-order valence-electron chi connectivity index (χ2n) is 8.64. The van der Waals surface area contributed by atoms with Gasteiger partial charge in [0.15, 0.2) is 5.82 Å². The predicted molar refractivity (Wildman–Crippen MR) is 129 cm³/mol.